The normalized spacial score (nSPS) is 18.4. The van der Waals surface area contributed by atoms with Gasteiger partial charge in [-0.3, -0.25) is 14.8 Å². The summed E-state index contributed by atoms with van der Waals surface area (Å²) in [7, 11) is 0. The molecule has 0 N–H and O–H groups in total. The minimum atomic E-state index is 0.143. The summed E-state index contributed by atoms with van der Waals surface area (Å²) in [5, 5.41) is 0. The smallest absolute Gasteiger partial charge is 0.265 e. The molecule has 0 radical (unpaired) electrons. The Morgan fingerprint density at radius 3 is 2.95 bits per heavy atom. The Balaban J connectivity index is 1.63. The van der Waals surface area contributed by atoms with E-state index in [0.29, 0.717) is 6.04 Å². The van der Waals surface area contributed by atoms with Gasteiger partial charge in [0.15, 0.2) is 0 Å². The van der Waals surface area contributed by atoms with Gasteiger partial charge in [-0.05, 0) is 43.4 Å². The Kier molecular flexibility index (Phi) is 4.06. The second kappa shape index (κ2) is 6.13. The lowest BCUT2D eigenvalue weighted by Crippen LogP contribution is -2.35. The number of aryl methyl sites for hydroxylation is 1. The Morgan fingerprint density at radius 2 is 2.20 bits per heavy atom. The van der Waals surface area contributed by atoms with Gasteiger partial charge < -0.3 is 4.90 Å². The van der Waals surface area contributed by atoms with Gasteiger partial charge in [0.25, 0.3) is 5.91 Å². The first-order valence-corrected chi connectivity index (χ1v) is 7.81. The Hall–Kier alpha value is -1.75. The van der Waals surface area contributed by atoms with Gasteiger partial charge in [-0.2, -0.15) is 0 Å². The maximum atomic E-state index is 12.4. The van der Waals surface area contributed by atoms with Gasteiger partial charge in [-0.25, -0.2) is 0 Å². The molecule has 3 heterocycles. The fourth-order valence-corrected chi connectivity index (χ4v) is 3.32. The van der Waals surface area contributed by atoms with Crippen molar-refractivity contribution in [2.75, 3.05) is 6.54 Å². The summed E-state index contributed by atoms with van der Waals surface area (Å²) in [4.78, 5) is 23.2. The first-order chi connectivity index (χ1) is 9.84. The van der Waals surface area contributed by atoms with Crippen molar-refractivity contribution in [3.05, 3.63) is 46.7 Å². The fourth-order valence-electron chi connectivity index (χ4n) is 2.75. The molecule has 104 valence electrons. The zero-order chi connectivity index (χ0) is 13.8. The van der Waals surface area contributed by atoms with E-state index in [2.05, 4.69) is 9.97 Å². The predicted molar refractivity (Wildman–Crippen MR) is 78.7 cm³/mol. The summed E-state index contributed by atoms with van der Waals surface area (Å²) in [5.41, 5.74) is 3.01. The lowest BCUT2D eigenvalue weighted by Gasteiger charge is -2.24. The summed E-state index contributed by atoms with van der Waals surface area (Å²) in [6, 6.07) is 4.45. The zero-order valence-electron chi connectivity index (χ0n) is 11.2. The Bertz CT molecular complexity index is 556. The van der Waals surface area contributed by atoms with Gasteiger partial charge in [-0.1, -0.05) is 0 Å². The van der Waals surface area contributed by atoms with E-state index in [1.54, 1.807) is 11.7 Å². The monoisotopic (exact) mass is 287 g/mol. The SMILES string of the molecule is O=C(c1cncs1)N1CCC[C@@H]1CCc1ccncc1. The van der Waals surface area contributed by atoms with Crippen LogP contribution in [-0.4, -0.2) is 33.4 Å². The van der Waals surface area contributed by atoms with Gasteiger partial charge in [0.05, 0.1) is 11.7 Å². The van der Waals surface area contributed by atoms with Crippen LogP contribution in [0.1, 0.15) is 34.5 Å². The fraction of sp³-hybridized carbons (Fsp3) is 0.400. The van der Waals surface area contributed by atoms with Crippen LogP contribution in [0.5, 0.6) is 0 Å². The number of carbonyl (C=O) groups excluding carboxylic acids is 1. The molecule has 0 aliphatic carbocycles. The Labute approximate surface area is 122 Å². The van der Waals surface area contributed by atoms with Crippen LogP contribution in [0, 0.1) is 0 Å². The molecule has 1 fully saturated rings. The third kappa shape index (κ3) is 2.88. The van der Waals surface area contributed by atoms with Crippen molar-refractivity contribution in [2.45, 2.75) is 31.7 Å². The lowest BCUT2D eigenvalue weighted by molar-refractivity contribution is 0.0735. The van der Waals surface area contributed by atoms with Crippen molar-refractivity contribution < 1.29 is 4.79 Å². The lowest BCUT2D eigenvalue weighted by atomic mass is 10.0. The number of nitrogens with zero attached hydrogens (tertiary/aromatic N) is 3. The highest BCUT2D eigenvalue weighted by molar-refractivity contribution is 7.11. The molecule has 1 aliphatic heterocycles. The zero-order valence-corrected chi connectivity index (χ0v) is 12.1. The average molecular weight is 287 g/mol. The second-order valence-electron chi connectivity index (χ2n) is 5.05. The molecular weight excluding hydrogens is 270 g/mol. The molecule has 1 atom stereocenters. The highest BCUT2D eigenvalue weighted by Gasteiger charge is 2.29. The van der Waals surface area contributed by atoms with E-state index < -0.39 is 0 Å². The van der Waals surface area contributed by atoms with Crippen molar-refractivity contribution in [3.63, 3.8) is 0 Å². The maximum absolute atomic E-state index is 12.4. The molecule has 1 amide bonds. The number of rotatable bonds is 4. The van der Waals surface area contributed by atoms with Gasteiger partial charge >= 0.3 is 0 Å². The van der Waals surface area contributed by atoms with E-state index in [0.717, 1.165) is 37.1 Å². The van der Waals surface area contributed by atoms with E-state index in [9.17, 15) is 4.79 Å². The van der Waals surface area contributed by atoms with Crippen LogP contribution in [0.4, 0.5) is 0 Å². The number of hydrogen-bond acceptors (Lipinski definition) is 4. The summed E-state index contributed by atoms with van der Waals surface area (Å²) >= 11 is 1.42. The Morgan fingerprint density at radius 1 is 1.35 bits per heavy atom. The molecule has 2 aromatic heterocycles. The number of likely N-dealkylation sites (tertiary alicyclic amines) is 1. The maximum Gasteiger partial charge on any atom is 0.265 e. The topological polar surface area (TPSA) is 46.1 Å². The number of carbonyl (C=O) groups is 1. The van der Waals surface area contributed by atoms with E-state index in [4.69, 9.17) is 0 Å². The standard InChI is InChI=1S/C15H17N3OS/c19-15(14-10-17-11-20-14)18-9-1-2-13(18)4-3-12-5-7-16-8-6-12/h5-8,10-11,13H,1-4,9H2/t13-/m1/s1. The number of pyridine rings is 1. The number of thiazole rings is 1. The first-order valence-electron chi connectivity index (χ1n) is 6.93. The van der Waals surface area contributed by atoms with Gasteiger partial charge in [-0.15, -0.1) is 11.3 Å². The highest BCUT2D eigenvalue weighted by Crippen LogP contribution is 2.24. The van der Waals surface area contributed by atoms with Crippen molar-refractivity contribution >= 4 is 17.2 Å². The van der Waals surface area contributed by atoms with Gasteiger partial charge in [0.2, 0.25) is 0 Å². The van der Waals surface area contributed by atoms with E-state index in [1.807, 2.05) is 29.4 Å². The molecule has 1 aliphatic rings. The molecule has 0 bridgehead atoms. The number of aromatic nitrogens is 2. The van der Waals surface area contributed by atoms with Crippen LogP contribution in [-0.2, 0) is 6.42 Å². The molecular formula is C15H17N3OS. The number of amides is 1. The minimum Gasteiger partial charge on any atom is -0.335 e. The first kappa shape index (κ1) is 13.2. The van der Waals surface area contributed by atoms with Crippen LogP contribution in [0.15, 0.2) is 36.2 Å². The largest absolute Gasteiger partial charge is 0.335 e. The van der Waals surface area contributed by atoms with E-state index in [1.165, 1.54) is 16.9 Å². The van der Waals surface area contributed by atoms with Crippen molar-refractivity contribution in [3.8, 4) is 0 Å². The summed E-state index contributed by atoms with van der Waals surface area (Å²) in [5.74, 6) is 0.143. The highest BCUT2D eigenvalue weighted by atomic mass is 32.1. The third-order valence-corrected chi connectivity index (χ3v) is 4.56. The summed E-state index contributed by atoms with van der Waals surface area (Å²) in [6.45, 7) is 0.873. The summed E-state index contributed by atoms with van der Waals surface area (Å²) in [6.07, 6.45) is 9.55. The molecule has 0 spiro atoms. The molecule has 2 aromatic rings. The second-order valence-corrected chi connectivity index (χ2v) is 5.94. The van der Waals surface area contributed by atoms with Crippen LogP contribution < -0.4 is 0 Å². The van der Waals surface area contributed by atoms with Gasteiger partial charge in [0.1, 0.15) is 4.88 Å². The van der Waals surface area contributed by atoms with Crippen molar-refractivity contribution in [1.82, 2.24) is 14.9 Å². The third-order valence-electron chi connectivity index (χ3n) is 3.80. The molecule has 3 rings (SSSR count). The van der Waals surface area contributed by atoms with Crippen LogP contribution in [0.2, 0.25) is 0 Å². The molecule has 0 saturated carbocycles. The average Bonchev–Trinajstić information content (AvgIpc) is 3.17. The van der Waals surface area contributed by atoms with Crippen LogP contribution in [0.3, 0.4) is 0 Å². The quantitative estimate of drug-likeness (QED) is 0.868. The van der Waals surface area contributed by atoms with Gasteiger partial charge in [0, 0.05) is 25.0 Å². The molecule has 4 nitrogen and oxygen atoms in total. The molecule has 20 heavy (non-hydrogen) atoms. The molecule has 0 unspecified atom stereocenters. The molecule has 1 saturated heterocycles. The van der Waals surface area contributed by atoms with Crippen molar-refractivity contribution in [2.24, 2.45) is 0 Å². The molecule has 5 heteroatoms. The molecule has 0 aromatic carbocycles. The van der Waals surface area contributed by atoms with E-state index in [-0.39, 0.29) is 5.91 Å². The predicted octanol–water partition coefficient (Wildman–Crippen LogP) is 2.78. The van der Waals surface area contributed by atoms with E-state index >= 15 is 0 Å². The number of hydrogen-bond donors (Lipinski definition) is 0. The van der Waals surface area contributed by atoms with Crippen molar-refractivity contribution in [1.29, 1.82) is 0 Å². The van der Waals surface area contributed by atoms with Crippen LogP contribution >= 0.6 is 11.3 Å². The summed E-state index contributed by atoms with van der Waals surface area (Å²) < 4.78 is 0. The minimum absolute atomic E-state index is 0.143. The van der Waals surface area contributed by atoms with Crippen LogP contribution in [0.25, 0.3) is 0 Å².